The van der Waals surface area contributed by atoms with Gasteiger partial charge in [0.25, 0.3) is 0 Å². The molecule has 0 amide bonds. The predicted molar refractivity (Wildman–Crippen MR) is 59.8 cm³/mol. The zero-order chi connectivity index (χ0) is 10.8. The van der Waals surface area contributed by atoms with E-state index in [1.807, 2.05) is 0 Å². The van der Waals surface area contributed by atoms with Crippen LogP contribution in [-0.2, 0) is 4.74 Å². The molecule has 4 unspecified atom stereocenters. The summed E-state index contributed by atoms with van der Waals surface area (Å²) in [6.07, 6.45) is 4.69. The summed E-state index contributed by atoms with van der Waals surface area (Å²) in [6.45, 7) is 4.39. The van der Waals surface area contributed by atoms with Gasteiger partial charge in [0.2, 0.25) is 0 Å². The molecule has 4 atom stereocenters. The Bertz CT molecular complexity index is 210. The molecule has 1 saturated carbocycles. The quantitative estimate of drug-likeness (QED) is 0.749. The summed E-state index contributed by atoms with van der Waals surface area (Å²) in [5, 5.41) is 10.0. The van der Waals surface area contributed by atoms with Crippen molar-refractivity contribution in [2.24, 2.45) is 5.92 Å². The topological polar surface area (TPSA) is 32.7 Å². The molecule has 0 aromatic carbocycles. The van der Waals surface area contributed by atoms with Crippen LogP contribution >= 0.6 is 0 Å². The Balaban J connectivity index is 1.91. The van der Waals surface area contributed by atoms with Gasteiger partial charge in [0.1, 0.15) is 0 Å². The zero-order valence-corrected chi connectivity index (χ0v) is 9.85. The number of likely N-dealkylation sites (tertiary alicyclic amines) is 1. The highest BCUT2D eigenvalue weighted by molar-refractivity contribution is 4.89. The number of nitrogens with zero attached hydrogens (tertiary/aromatic N) is 1. The maximum atomic E-state index is 10.0. The second kappa shape index (κ2) is 4.81. The molecular weight excluding hydrogens is 190 g/mol. The van der Waals surface area contributed by atoms with Crippen molar-refractivity contribution in [3.63, 3.8) is 0 Å². The summed E-state index contributed by atoms with van der Waals surface area (Å²) < 4.78 is 5.37. The summed E-state index contributed by atoms with van der Waals surface area (Å²) in [4.78, 5) is 2.43. The lowest BCUT2D eigenvalue weighted by molar-refractivity contribution is 0.00794. The van der Waals surface area contributed by atoms with Gasteiger partial charge in [0.05, 0.1) is 12.2 Å². The highest BCUT2D eigenvalue weighted by Crippen LogP contribution is 2.30. The third-order valence-corrected chi connectivity index (χ3v) is 4.02. The van der Waals surface area contributed by atoms with Gasteiger partial charge in [0.15, 0.2) is 0 Å². The Morgan fingerprint density at radius 2 is 2.07 bits per heavy atom. The van der Waals surface area contributed by atoms with Crippen molar-refractivity contribution in [2.45, 2.75) is 50.9 Å². The lowest BCUT2D eigenvalue weighted by Crippen LogP contribution is -2.46. The molecule has 1 heterocycles. The Labute approximate surface area is 92.4 Å². The molecule has 1 aliphatic heterocycles. The van der Waals surface area contributed by atoms with Crippen LogP contribution < -0.4 is 0 Å². The summed E-state index contributed by atoms with van der Waals surface area (Å²) in [5.74, 6) is 0.764. The molecule has 2 fully saturated rings. The molecule has 0 spiro atoms. The van der Waals surface area contributed by atoms with E-state index in [9.17, 15) is 5.11 Å². The van der Waals surface area contributed by atoms with Crippen molar-refractivity contribution in [3.8, 4) is 0 Å². The molecule has 0 bridgehead atoms. The largest absolute Gasteiger partial charge is 0.391 e. The molecule has 0 aromatic rings. The summed E-state index contributed by atoms with van der Waals surface area (Å²) >= 11 is 0. The van der Waals surface area contributed by atoms with Crippen LogP contribution in [0.25, 0.3) is 0 Å². The smallest absolute Gasteiger partial charge is 0.0710 e. The number of aliphatic hydroxyl groups is 1. The Hall–Kier alpha value is -0.120. The fourth-order valence-corrected chi connectivity index (χ4v) is 2.97. The van der Waals surface area contributed by atoms with Crippen LogP contribution in [0.1, 0.15) is 32.6 Å². The molecule has 3 heteroatoms. The fourth-order valence-electron chi connectivity index (χ4n) is 2.97. The van der Waals surface area contributed by atoms with E-state index in [0.29, 0.717) is 12.1 Å². The van der Waals surface area contributed by atoms with Crippen molar-refractivity contribution < 1.29 is 9.84 Å². The normalized spacial score (nSPS) is 43.4. The molecule has 0 aromatic heterocycles. The fraction of sp³-hybridized carbons (Fsp3) is 1.00. The van der Waals surface area contributed by atoms with E-state index in [0.717, 1.165) is 38.3 Å². The number of aliphatic hydroxyl groups excluding tert-OH is 1. The number of rotatable bonds is 2. The van der Waals surface area contributed by atoms with E-state index in [2.05, 4.69) is 11.8 Å². The minimum Gasteiger partial charge on any atom is -0.391 e. The Morgan fingerprint density at radius 1 is 1.27 bits per heavy atom. The molecular formula is C12H23NO2. The molecule has 2 aliphatic rings. The SMILES string of the molecule is COC1CCN(C2CC(C)CCC2O)C1. The van der Waals surface area contributed by atoms with E-state index in [1.165, 1.54) is 6.42 Å². The van der Waals surface area contributed by atoms with Crippen LogP contribution in [0.4, 0.5) is 0 Å². The number of ether oxygens (including phenoxy) is 1. The van der Waals surface area contributed by atoms with Crippen LogP contribution in [0.2, 0.25) is 0 Å². The van der Waals surface area contributed by atoms with Gasteiger partial charge in [0, 0.05) is 26.2 Å². The van der Waals surface area contributed by atoms with Gasteiger partial charge in [-0.25, -0.2) is 0 Å². The van der Waals surface area contributed by atoms with Gasteiger partial charge in [-0.3, -0.25) is 4.90 Å². The maximum Gasteiger partial charge on any atom is 0.0710 e. The average Bonchev–Trinajstić information content (AvgIpc) is 2.70. The summed E-state index contributed by atoms with van der Waals surface area (Å²) in [5.41, 5.74) is 0. The Morgan fingerprint density at radius 3 is 2.73 bits per heavy atom. The van der Waals surface area contributed by atoms with E-state index >= 15 is 0 Å². The monoisotopic (exact) mass is 213 g/mol. The molecule has 88 valence electrons. The lowest BCUT2D eigenvalue weighted by Gasteiger charge is -2.37. The van der Waals surface area contributed by atoms with Crippen molar-refractivity contribution in [1.29, 1.82) is 0 Å². The first-order chi connectivity index (χ1) is 7.20. The van der Waals surface area contributed by atoms with Gasteiger partial charge in [-0.05, 0) is 31.6 Å². The van der Waals surface area contributed by atoms with E-state index in [1.54, 1.807) is 7.11 Å². The van der Waals surface area contributed by atoms with E-state index in [4.69, 9.17) is 4.74 Å². The summed E-state index contributed by atoms with van der Waals surface area (Å²) in [6, 6.07) is 0.383. The van der Waals surface area contributed by atoms with Gasteiger partial charge in [-0.2, -0.15) is 0 Å². The van der Waals surface area contributed by atoms with Crippen molar-refractivity contribution in [1.82, 2.24) is 4.90 Å². The standard InChI is InChI=1S/C12H23NO2/c1-9-3-4-12(14)11(7-9)13-6-5-10(8-13)15-2/h9-12,14H,3-8H2,1-2H3. The number of hydrogen-bond donors (Lipinski definition) is 1. The third-order valence-electron chi connectivity index (χ3n) is 4.02. The first-order valence-electron chi connectivity index (χ1n) is 6.15. The van der Waals surface area contributed by atoms with E-state index in [-0.39, 0.29) is 6.10 Å². The first kappa shape index (κ1) is 11.4. The van der Waals surface area contributed by atoms with Crippen LogP contribution in [0.15, 0.2) is 0 Å². The lowest BCUT2D eigenvalue weighted by atomic mass is 9.84. The van der Waals surface area contributed by atoms with Crippen LogP contribution in [0.3, 0.4) is 0 Å². The van der Waals surface area contributed by atoms with Gasteiger partial charge in [-0.15, -0.1) is 0 Å². The molecule has 0 radical (unpaired) electrons. The second-order valence-electron chi connectivity index (χ2n) is 5.19. The first-order valence-corrected chi connectivity index (χ1v) is 6.15. The molecule has 15 heavy (non-hydrogen) atoms. The number of hydrogen-bond acceptors (Lipinski definition) is 3. The predicted octanol–water partition coefficient (Wildman–Crippen LogP) is 1.26. The number of methoxy groups -OCH3 is 1. The minimum atomic E-state index is -0.114. The molecule has 1 aliphatic carbocycles. The van der Waals surface area contributed by atoms with Crippen LogP contribution in [-0.4, -0.2) is 48.5 Å². The second-order valence-corrected chi connectivity index (χ2v) is 5.19. The average molecular weight is 213 g/mol. The molecule has 3 nitrogen and oxygen atoms in total. The van der Waals surface area contributed by atoms with Crippen molar-refractivity contribution in [3.05, 3.63) is 0 Å². The molecule has 1 saturated heterocycles. The highest BCUT2D eigenvalue weighted by atomic mass is 16.5. The van der Waals surface area contributed by atoms with Crippen molar-refractivity contribution >= 4 is 0 Å². The zero-order valence-electron chi connectivity index (χ0n) is 9.85. The minimum absolute atomic E-state index is 0.114. The van der Waals surface area contributed by atoms with Crippen molar-refractivity contribution in [2.75, 3.05) is 20.2 Å². The maximum absolute atomic E-state index is 10.0. The third kappa shape index (κ3) is 2.52. The molecule has 1 N–H and O–H groups in total. The summed E-state index contributed by atoms with van der Waals surface area (Å²) in [7, 11) is 1.79. The molecule has 2 rings (SSSR count). The Kier molecular flexibility index (Phi) is 3.65. The highest BCUT2D eigenvalue weighted by Gasteiger charge is 2.35. The van der Waals surface area contributed by atoms with Gasteiger partial charge >= 0.3 is 0 Å². The van der Waals surface area contributed by atoms with Gasteiger partial charge in [-0.1, -0.05) is 6.92 Å². The van der Waals surface area contributed by atoms with Crippen LogP contribution in [0, 0.1) is 5.92 Å². The van der Waals surface area contributed by atoms with Crippen LogP contribution in [0.5, 0.6) is 0 Å². The van der Waals surface area contributed by atoms with Gasteiger partial charge < -0.3 is 9.84 Å². The van der Waals surface area contributed by atoms with E-state index < -0.39 is 0 Å².